The highest BCUT2D eigenvalue weighted by Crippen LogP contribution is 2.25. The number of aromatic nitrogens is 1. The zero-order valence-corrected chi connectivity index (χ0v) is 11.1. The van der Waals surface area contributed by atoms with Crippen molar-refractivity contribution in [3.63, 3.8) is 0 Å². The second kappa shape index (κ2) is 4.83. The Kier molecular flexibility index (Phi) is 3.44. The molecule has 0 saturated carbocycles. The van der Waals surface area contributed by atoms with Gasteiger partial charge in [0.2, 0.25) is 0 Å². The lowest BCUT2D eigenvalue weighted by atomic mass is 10.1. The van der Waals surface area contributed by atoms with Crippen molar-refractivity contribution in [1.29, 1.82) is 0 Å². The summed E-state index contributed by atoms with van der Waals surface area (Å²) in [6.45, 7) is 5.20. The maximum Gasteiger partial charge on any atom is 0.129 e. The quantitative estimate of drug-likeness (QED) is 0.913. The van der Waals surface area contributed by atoms with Crippen LogP contribution in [0.3, 0.4) is 0 Å². The summed E-state index contributed by atoms with van der Waals surface area (Å²) in [5.41, 5.74) is 2.21. The summed E-state index contributed by atoms with van der Waals surface area (Å²) < 4.78 is 1.05. The molecular weight excluding hydrogens is 264 g/mol. The summed E-state index contributed by atoms with van der Waals surface area (Å²) in [5.74, 6) is 0.987. The van der Waals surface area contributed by atoms with E-state index in [4.69, 9.17) is 0 Å². The van der Waals surface area contributed by atoms with Crippen molar-refractivity contribution in [3.05, 3.63) is 34.3 Å². The number of aryl methyl sites for hydroxylation is 1. The van der Waals surface area contributed by atoms with Crippen LogP contribution >= 0.6 is 15.9 Å². The summed E-state index contributed by atoms with van der Waals surface area (Å²) in [5, 5.41) is 4.52. The number of fused-ring (bicyclic) bond motifs is 1. The molecule has 16 heavy (non-hydrogen) atoms. The molecule has 2 aromatic rings. The van der Waals surface area contributed by atoms with E-state index in [0.29, 0.717) is 0 Å². The van der Waals surface area contributed by atoms with Gasteiger partial charge in [-0.1, -0.05) is 19.1 Å². The van der Waals surface area contributed by atoms with Crippen LogP contribution in [0, 0.1) is 6.92 Å². The van der Waals surface area contributed by atoms with Gasteiger partial charge in [-0.2, -0.15) is 0 Å². The first-order chi connectivity index (χ1) is 7.72. The van der Waals surface area contributed by atoms with E-state index in [1.807, 2.05) is 12.1 Å². The Morgan fingerprint density at radius 1 is 1.38 bits per heavy atom. The second-order valence-corrected chi connectivity index (χ2v) is 4.75. The third-order valence-electron chi connectivity index (χ3n) is 2.53. The van der Waals surface area contributed by atoms with Gasteiger partial charge in [-0.05, 0) is 47.0 Å². The smallest absolute Gasteiger partial charge is 0.129 e. The highest BCUT2D eigenvalue weighted by molar-refractivity contribution is 9.10. The SMILES string of the molecule is CCCNc1nc2c(Br)cccc2cc1C. The van der Waals surface area contributed by atoms with Gasteiger partial charge in [-0.3, -0.25) is 0 Å². The number of hydrogen-bond donors (Lipinski definition) is 1. The van der Waals surface area contributed by atoms with Gasteiger partial charge in [0.05, 0.1) is 5.52 Å². The molecule has 0 saturated heterocycles. The monoisotopic (exact) mass is 278 g/mol. The fourth-order valence-corrected chi connectivity index (χ4v) is 2.16. The molecule has 0 spiro atoms. The fourth-order valence-electron chi connectivity index (χ4n) is 1.69. The first-order valence-electron chi connectivity index (χ1n) is 5.52. The Bertz CT molecular complexity index is 509. The standard InChI is InChI=1S/C13H15BrN2/c1-3-7-15-13-9(2)8-10-5-4-6-11(14)12(10)16-13/h4-6,8H,3,7H2,1-2H3,(H,15,16). The molecule has 0 radical (unpaired) electrons. The number of hydrogen-bond acceptors (Lipinski definition) is 2. The molecule has 3 heteroatoms. The van der Waals surface area contributed by atoms with Crippen LogP contribution in [0.1, 0.15) is 18.9 Å². The van der Waals surface area contributed by atoms with Crippen LogP contribution in [0.4, 0.5) is 5.82 Å². The van der Waals surface area contributed by atoms with Crippen LogP contribution in [-0.4, -0.2) is 11.5 Å². The average molecular weight is 279 g/mol. The lowest BCUT2D eigenvalue weighted by Gasteiger charge is -2.09. The minimum Gasteiger partial charge on any atom is -0.370 e. The van der Waals surface area contributed by atoms with E-state index in [0.717, 1.165) is 28.8 Å². The van der Waals surface area contributed by atoms with E-state index in [1.165, 1.54) is 10.9 Å². The zero-order valence-electron chi connectivity index (χ0n) is 9.55. The number of pyridine rings is 1. The summed E-state index contributed by atoms with van der Waals surface area (Å²) >= 11 is 3.53. The Morgan fingerprint density at radius 3 is 2.94 bits per heavy atom. The second-order valence-electron chi connectivity index (χ2n) is 3.89. The molecule has 0 bridgehead atoms. The number of benzene rings is 1. The van der Waals surface area contributed by atoms with Crippen molar-refractivity contribution in [3.8, 4) is 0 Å². The molecule has 2 nitrogen and oxygen atoms in total. The van der Waals surface area contributed by atoms with Gasteiger partial charge in [0.15, 0.2) is 0 Å². The summed E-state index contributed by atoms with van der Waals surface area (Å²) in [7, 11) is 0. The molecule has 1 N–H and O–H groups in total. The number of anilines is 1. The normalized spacial score (nSPS) is 10.7. The van der Waals surface area contributed by atoms with Gasteiger partial charge in [0.1, 0.15) is 5.82 Å². The molecule has 0 amide bonds. The molecular formula is C13H15BrN2. The van der Waals surface area contributed by atoms with Crippen LogP contribution in [-0.2, 0) is 0 Å². The number of rotatable bonds is 3. The van der Waals surface area contributed by atoms with E-state index < -0.39 is 0 Å². The predicted octanol–water partition coefficient (Wildman–Crippen LogP) is 4.13. The molecule has 1 aromatic carbocycles. The lowest BCUT2D eigenvalue weighted by molar-refractivity contribution is 0.968. The van der Waals surface area contributed by atoms with Crippen molar-refractivity contribution in [1.82, 2.24) is 4.98 Å². The minimum atomic E-state index is 0.962. The van der Waals surface area contributed by atoms with E-state index >= 15 is 0 Å². The van der Waals surface area contributed by atoms with Crippen LogP contribution < -0.4 is 5.32 Å². The third-order valence-corrected chi connectivity index (χ3v) is 3.17. The van der Waals surface area contributed by atoms with E-state index in [9.17, 15) is 0 Å². The van der Waals surface area contributed by atoms with Crippen molar-refractivity contribution in [2.45, 2.75) is 20.3 Å². The van der Waals surface area contributed by atoms with Crippen molar-refractivity contribution in [2.24, 2.45) is 0 Å². The number of halogens is 1. The Morgan fingerprint density at radius 2 is 2.19 bits per heavy atom. The predicted molar refractivity (Wildman–Crippen MR) is 73.0 cm³/mol. The largest absolute Gasteiger partial charge is 0.370 e. The fraction of sp³-hybridized carbons (Fsp3) is 0.308. The van der Waals surface area contributed by atoms with Gasteiger partial charge < -0.3 is 5.32 Å². The average Bonchev–Trinajstić information content (AvgIpc) is 2.27. The van der Waals surface area contributed by atoms with Gasteiger partial charge in [0, 0.05) is 16.4 Å². The summed E-state index contributed by atoms with van der Waals surface area (Å²) in [6.07, 6.45) is 1.11. The highest BCUT2D eigenvalue weighted by Gasteiger charge is 2.04. The van der Waals surface area contributed by atoms with Crippen LogP contribution in [0.25, 0.3) is 10.9 Å². The van der Waals surface area contributed by atoms with Crippen molar-refractivity contribution < 1.29 is 0 Å². The Hall–Kier alpha value is -1.09. The number of nitrogens with one attached hydrogen (secondary N) is 1. The van der Waals surface area contributed by atoms with Crippen LogP contribution in [0.15, 0.2) is 28.7 Å². The molecule has 0 fully saturated rings. The lowest BCUT2D eigenvalue weighted by Crippen LogP contribution is -2.04. The van der Waals surface area contributed by atoms with Crippen LogP contribution in [0.2, 0.25) is 0 Å². The first-order valence-corrected chi connectivity index (χ1v) is 6.31. The zero-order chi connectivity index (χ0) is 11.5. The topological polar surface area (TPSA) is 24.9 Å². The molecule has 2 rings (SSSR count). The molecule has 0 aliphatic rings. The molecule has 0 unspecified atom stereocenters. The molecule has 0 atom stereocenters. The maximum absolute atomic E-state index is 4.65. The molecule has 1 heterocycles. The molecule has 84 valence electrons. The van der Waals surface area contributed by atoms with E-state index in [-0.39, 0.29) is 0 Å². The van der Waals surface area contributed by atoms with Crippen molar-refractivity contribution in [2.75, 3.05) is 11.9 Å². The van der Waals surface area contributed by atoms with Crippen molar-refractivity contribution >= 4 is 32.7 Å². The van der Waals surface area contributed by atoms with Crippen LogP contribution in [0.5, 0.6) is 0 Å². The van der Waals surface area contributed by atoms with Gasteiger partial charge in [0.25, 0.3) is 0 Å². The summed E-state index contributed by atoms with van der Waals surface area (Å²) in [4.78, 5) is 4.65. The third kappa shape index (κ3) is 2.19. The maximum atomic E-state index is 4.65. The van der Waals surface area contributed by atoms with Gasteiger partial charge in [-0.25, -0.2) is 4.98 Å². The van der Waals surface area contributed by atoms with E-state index in [2.05, 4.69) is 52.2 Å². The van der Waals surface area contributed by atoms with Gasteiger partial charge >= 0.3 is 0 Å². The Balaban J connectivity index is 2.51. The Labute approximate surface area is 104 Å². The van der Waals surface area contributed by atoms with E-state index in [1.54, 1.807) is 0 Å². The summed E-state index contributed by atoms with van der Waals surface area (Å²) in [6, 6.07) is 8.32. The molecule has 1 aromatic heterocycles. The van der Waals surface area contributed by atoms with Gasteiger partial charge in [-0.15, -0.1) is 0 Å². The first kappa shape index (κ1) is 11.4. The molecule has 0 aliphatic carbocycles. The number of nitrogens with zero attached hydrogens (tertiary/aromatic N) is 1. The minimum absolute atomic E-state index is 0.962. The highest BCUT2D eigenvalue weighted by atomic mass is 79.9. The molecule has 0 aliphatic heterocycles. The number of para-hydroxylation sites is 1.